The third-order valence-electron chi connectivity index (χ3n) is 7.12. The molecular weight excluding hydrogens is 547 g/mol. The summed E-state index contributed by atoms with van der Waals surface area (Å²) in [5.41, 5.74) is 7.05. The molecule has 0 aliphatic heterocycles. The molecule has 0 unspecified atom stereocenters. The minimum Gasteiger partial charge on any atom is -0.359 e. The van der Waals surface area contributed by atoms with Crippen LogP contribution in [-0.2, 0) is 0 Å². The molecule has 0 aliphatic rings. The van der Waals surface area contributed by atoms with Gasteiger partial charge >= 0.3 is 0 Å². The van der Waals surface area contributed by atoms with E-state index < -0.39 is 0 Å². The largest absolute Gasteiger partial charge is 0.359 e. The van der Waals surface area contributed by atoms with E-state index in [2.05, 4.69) is 48.0 Å². The third kappa shape index (κ3) is 3.23. The van der Waals surface area contributed by atoms with Gasteiger partial charge in [0.1, 0.15) is 5.82 Å². The van der Waals surface area contributed by atoms with Crippen LogP contribution in [0.25, 0.3) is 65.4 Å². The van der Waals surface area contributed by atoms with E-state index >= 15 is 0 Å². The topological polar surface area (TPSA) is 97.3 Å². The number of aromatic nitrogens is 4. The molecule has 38 heavy (non-hydrogen) atoms. The molecule has 184 valence electrons. The van der Waals surface area contributed by atoms with Crippen LogP contribution in [0.15, 0.2) is 77.5 Å². The molecule has 6 nitrogen and oxygen atoms in total. The van der Waals surface area contributed by atoms with Crippen molar-refractivity contribution in [1.82, 2.24) is 19.9 Å². The Bertz CT molecular complexity index is 2210. The first-order chi connectivity index (χ1) is 18.6. The highest BCUT2D eigenvalue weighted by Crippen LogP contribution is 2.35. The Morgan fingerprint density at radius 2 is 1.18 bits per heavy atom. The van der Waals surface area contributed by atoms with Gasteiger partial charge in [-0.15, -0.1) is 0 Å². The lowest BCUT2D eigenvalue weighted by molar-refractivity contribution is 0.111. The Kier molecular flexibility index (Phi) is 4.99. The Morgan fingerprint density at radius 1 is 0.605 bits per heavy atom. The van der Waals surface area contributed by atoms with E-state index in [0.717, 1.165) is 77.1 Å². The van der Waals surface area contributed by atoms with Crippen LogP contribution in [0.5, 0.6) is 0 Å². The quantitative estimate of drug-likeness (QED) is 0.159. The Morgan fingerprint density at radius 3 is 1.84 bits per heavy atom. The average Bonchev–Trinajstić information content (AvgIpc) is 3.70. The minimum absolute atomic E-state index is 0.256. The normalized spacial score (nSPS) is 11.6. The molecule has 4 aromatic carbocycles. The maximum atomic E-state index is 13.3. The zero-order valence-corrected chi connectivity index (χ0v) is 21.2. The zero-order valence-electron chi connectivity index (χ0n) is 19.7. The fourth-order valence-corrected chi connectivity index (χ4v) is 5.79. The molecular formula is C30H18BrFN4O2. The molecule has 0 bridgehead atoms. The van der Waals surface area contributed by atoms with Crippen LogP contribution in [0.4, 0.5) is 4.39 Å². The van der Waals surface area contributed by atoms with Crippen LogP contribution in [0.2, 0.25) is 0 Å². The fraction of sp³-hybridized carbons (Fsp3) is 0. The number of hydrogen-bond donors (Lipinski definition) is 4. The maximum absolute atomic E-state index is 13.3. The van der Waals surface area contributed by atoms with Gasteiger partial charge in [-0.3, -0.25) is 9.59 Å². The predicted molar refractivity (Wildman–Crippen MR) is 154 cm³/mol. The number of benzene rings is 4. The van der Waals surface area contributed by atoms with Crippen molar-refractivity contribution >= 4 is 93.9 Å². The first-order valence-corrected chi connectivity index (χ1v) is 12.7. The molecule has 0 spiro atoms. The number of carbonyl (C=O) groups is 2. The number of aldehydes is 2. The summed E-state index contributed by atoms with van der Waals surface area (Å²) in [4.78, 5) is 35.0. The smallest absolute Gasteiger partial charge is 0.152 e. The number of aromatic amines is 4. The summed E-state index contributed by atoms with van der Waals surface area (Å²) in [5.74, 6) is -0.256. The molecule has 0 aliphatic carbocycles. The van der Waals surface area contributed by atoms with Gasteiger partial charge in [-0.25, -0.2) is 4.39 Å². The van der Waals surface area contributed by atoms with Gasteiger partial charge in [0, 0.05) is 65.8 Å². The highest BCUT2D eigenvalue weighted by Gasteiger charge is 2.13. The fourth-order valence-electron chi connectivity index (χ4n) is 5.33. The van der Waals surface area contributed by atoms with Gasteiger partial charge in [0.15, 0.2) is 12.6 Å². The van der Waals surface area contributed by atoms with Gasteiger partial charge in [0.2, 0.25) is 0 Å². The number of rotatable bonds is 2. The van der Waals surface area contributed by atoms with E-state index in [1.54, 1.807) is 18.5 Å². The maximum Gasteiger partial charge on any atom is 0.152 e. The van der Waals surface area contributed by atoms with Crippen LogP contribution in [0.1, 0.15) is 20.7 Å². The summed E-state index contributed by atoms with van der Waals surface area (Å²) < 4.78 is 14.4. The number of halogens is 2. The van der Waals surface area contributed by atoms with Gasteiger partial charge in [-0.1, -0.05) is 36.4 Å². The van der Waals surface area contributed by atoms with Crippen LogP contribution >= 0.6 is 15.9 Å². The molecule has 0 saturated carbocycles. The molecule has 4 aromatic heterocycles. The van der Waals surface area contributed by atoms with E-state index in [-0.39, 0.29) is 5.82 Å². The van der Waals surface area contributed by atoms with E-state index in [0.29, 0.717) is 11.1 Å². The monoisotopic (exact) mass is 564 g/mol. The first-order valence-electron chi connectivity index (χ1n) is 11.9. The molecule has 0 amide bonds. The second-order valence-corrected chi connectivity index (χ2v) is 10.0. The summed E-state index contributed by atoms with van der Waals surface area (Å²) in [5, 5.41) is 5.94. The lowest BCUT2D eigenvalue weighted by atomic mass is 10.1. The van der Waals surface area contributed by atoms with E-state index in [9.17, 15) is 14.0 Å². The summed E-state index contributed by atoms with van der Waals surface area (Å²) in [6.07, 6.45) is 5.14. The number of H-pyrrole nitrogens is 4. The van der Waals surface area contributed by atoms with Crippen molar-refractivity contribution in [2.75, 3.05) is 0 Å². The Balaban J connectivity index is 0.000000127. The van der Waals surface area contributed by atoms with Gasteiger partial charge < -0.3 is 19.9 Å². The van der Waals surface area contributed by atoms with Crippen molar-refractivity contribution in [2.24, 2.45) is 0 Å². The lowest BCUT2D eigenvalue weighted by Gasteiger charge is -1.94. The van der Waals surface area contributed by atoms with Crippen LogP contribution in [0.3, 0.4) is 0 Å². The minimum atomic E-state index is -0.256. The average molecular weight is 565 g/mol. The van der Waals surface area contributed by atoms with Crippen LogP contribution in [-0.4, -0.2) is 32.5 Å². The number of nitrogens with one attached hydrogen (secondary N) is 4. The zero-order chi connectivity index (χ0) is 26.0. The van der Waals surface area contributed by atoms with Crippen LogP contribution < -0.4 is 0 Å². The standard InChI is InChI=1S/C15H9BrN2O.C15H9FN2O/c16-12-3-1-2-10-11-5-4-9-8(7-19)6-17-14(9)15(11)18-13(10)12;16-9-1-4-13-12(5-9)11-3-2-10-8(7-19)6-17-14(10)15(11)18-13/h2*1-7,17-18H. The summed E-state index contributed by atoms with van der Waals surface area (Å²) in [6, 6.07) is 18.6. The lowest BCUT2D eigenvalue weighted by Crippen LogP contribution is -1.75. The highest BCUT2D eigenvalue weighted by atomic mass is 79.9. The van der Waals surface area contributed by atoms with E-state index in [1.807, 2.05) is 30.3 Å². The number of carbonyl (C=O) groups excluding carboxylic acids is 2. The van der Waals surface area contributed by atoms with Gasteiger partial charge in [-0.2, -0.15) is 0 Å². The second-order valence-electron chi connectivity index (χ2n) is 9.15. The number of para-hydroxylation sites is 1. The molecule has 8 aromatic rings. The predicted octanol–water partition coefficient (Wildman–Crippen LogP) is 8.13. The molecule has 0 fully saturated rings. The van der Waals surface area contributed by atoms with Crippen molar-refractivity contribution in [1.29, 1.82) is 0 Å². The van der Waals surface area contributed by atoms with Gasteiger partial charge in [0.05, 0.1) is 27.6 Å². The molecule has 8 heteroatoms. The van der Waals surface area contributed by atoms with Gasteiger partial charge in [0.25, 0.3) is 0 Å². The van der Waals surface area contributed by atoms with E-state index in [4.69, 9.17) is 0 Å². The van der Waals surface area contributed by atoms with Crippen molar-refractivity contribution in [3.05, 3.63) is 94.5 Å². The van der Waals surface area contributed by atoms with Crippen molar-refractivity contribution < 1.29 is 14.0 Å². The van der Waals surface area contributed by atoms with Crippen molar-refractivity contribution in [3.63, 3.8) is 0 Å². The number of fused-ring (bicyclic) bond motifs is 10. The number of hydrogen-bond acceptors (Lipinski definition) is 2. The van der Waals surface area contributed by atoms with Crippen molar-refractivity contribution in [3.8, 4) is 0 Å². The molecule has 0 atom stereocenters. The SMILES string of the molecule is O=Cc1c[nH]c2c1ccc1c3cc(F)ccc3[nH]c12.O=Cc1c[nH]c2c1ccc1c3cccc(Br)c3[nH]c12. The summed E-state index contributed by atoms with van der Waals surface area (Å²) >= 11 is 3.56. The molecule has 4 N–H and O–H groups in total. The third-order valence-corrected chi connectivity index (χ3v) is 7.78. The molecule has 0 saturated heterocycles. The van der Waals surface area contributed by atoms with Gasteiger partial charge in [-0.05, 0) is 40.2 Å². The summed E-state index contributed by atoms with van der Waals surface area (Å²) in [6.45, 7) is 0. The van der Waals surface area contributed by atoms with Crippen LogP contribution in [0, 0.1) is 5.82 Å². The van der Waals surface area contributed by atoms with Crippen molar-refractivity contribution in [2.45, 2.75) is 0 Å². The first kappa shape index (κ1) is 22.5. The molecule has 8 rings (SSSR count). The highest BCUT2D eigenvalue weighted by molar-refractivity contribution is 9.10. The molecule has 4 heterocycles. The van der Waals surface area contributed by atoms with E-state index in [1.165, 1.54) is 17.5 Å². The Hall–Kier alpha value is -4.69. The molecule has 0 radical (unpaired) electrons. The second kappa shape index (κ2) is 8.43. The summed E-state index contributed by atoms with van der Waals surface area (Å²) in [7, 11) is 0. The Labute approximate surface area is 222 Å².